The van der Waals surface area contributed by atoms with Crippen LogP contribution in [-0.4, -0.2) is 33.4 Å². The number of amides is 1. The molecule has 0 saturated carbocycles. The summed E-state index contributed by atoms with van der Waals surface area (Å²) in [7, 11) is -2.41. The molecule has 2 rings (SSSR count). The number of ether oxygens (including phenoxy) is 1. The zero-order valence-electron chi connectivity index (χ0n) is 14.6. The van der Waals surface area contributed by atoms with Crippen molar-refractivity contribution in [3.63, 3.8) is 0 Å². The van der Waals surface area contributed by atoms with Gasteiger partial charge in [-0.3, -0.25) is 4.79 Å². The van der Waals surface area contributed by atoms with Gasteiger partial charge in [0.15, 0.2) is 6.10 Å². The van der Waals surface area contributed by atoms with E-state index in [4.69, 9.17) is 4.74 Å². The van der Waals surface area contributed by atoms with E-state index >= 15 is 0 Å². The van der Waals surface area contributed by atoms with Crippen molar-refractivity contribution >= 4 is 27.6 Å². The van der Waals surface area contributed by atoms with E-state index in [1.54, 1.807) is 18.2 Å². The van der Waals surface area contributed by atoms with Gasteiger partial charge < -0.3 is 10.1 Å². The highest BCUT2D eigenvalue weighted by Gasteiger charge is 2.20. The molecule has 1 amide bonds. The number of anilines is 1. The van der Waals surface area contributed by atoms with Crippen molar-refractivity contribution in [2.75, 3.05) is 12.4 Å². The summed E-state index contributed by atoms with van der Waals surface area (Å²) in [5.74, 6) is -1.27. The molecule has 0 radical (unpaired) electrons. The highest BCUT2D eigenvalue weighted by Crippen LogP contribution is 2.14. The Kier molecular flexibility index (Phi) is 6.12. The van der Waals surface area contributed by atoms with Gasteiger partial charge in [-0.15, -0.1) is 0 Å². The van der Waals surface area contributed by atoms with E-state index in [1.165, 1.54) is 38.2 Å². The number of sulfonamides is 1. The SMILES string of the molecule is CNS(=O)(=O)c1cccc(C(=O)O[C@@H](C)C(=O)Nc2cccc(C)c2)c1. The molecule has 2 aromatic carbocycles. The second kappa shape index (κ2) is 8.11. The molecule has 0 aliphatic rings. The van der Waals surface area contributed by atoms with Crippen molar-refractivity contribution in [3.05, 3.63) is 59.7 Å². The van der Waals surface area contributed by atoms with E-state index < -0.39 is 28.0 Å². The van der Waals surface area contributed by atoms with Crippen LogP contribution in [0.4, 0.5) is 5.69 Å². The first-order chi connectivity index (χ1) is 12.2. The normalized spacial score (nSPS) is 12.3. The molecule has 0 aliphatic heterocycles. The zero-order chi connectivity index (χ0) is 19.3. The van der Waals surface area contributed by atoms with Crippen molar-refractivity contribution < 1.29 is 22.7 Å². The number of rotatable bonds is 6. The van der Waals surface area contributed by atoms with Crippen molar-refractivity contribution in [2.24, 2.45) is 0 Å². The Balaban J connectivity index is 2.07. The molecule has 0 spiro atoms. The van der Waals surface area contributed by atoms with Crippen LogP contribution in [0, 0.1) is 6.92 Å². The summed E-state index contributed by atoms with van der Waals surface area (Å²) in [6.45, 7) is 3.34. The maximum Gasteiger partial charge on any atom is 0.338 e. The fourth-order valence-electron chi connectivity index (χ4n) is 2.16. The van der Waals surface area contributed by atoms with Crippen molar-refractivity contribution in [1.82, 2.24) is 4.72 Å². The molecule has 7 nitrogen and oxygen atoms in total. The Hall–Kier alpha value is -2.71. The molecule has 0 fully saturated rings. The van der Waals surface area contributed by atoms with Gasteiger partial charge in [-0.25, -0.2) is 17.9 Å². The Morgan fingerprint density at radius 2 is 1.77 bits per heavy atom. The highest BCUT2D eigenvalue weighted by atomic mass is 32.2. The van der Waals surface area contributed by atoms with E-state index in [9.17, 15) is 18.0 Å². The second-order valence-electron chi connectivity index (χ2n) is 5.64. The molecule has 8 heteroatoms. The van der Waals surface area contributed by atoms with E-state index in [0.29, 0.717) is 5.69 Å². The lowest BCUT2D eigenvalue weighted by molar-refractivity contribution is -0.123. The van der Waals surface area contributed by atoms with Gasteiger partial charge in [0.1, 0.15) is 0 Å². The summed E-state index contributed by atoms with van der Waals surface area (Å²) in [5, 5.41) is 2.66. The Morgan fingerprint density at radius 3 is 2.42 bits per heavy atom. The van der Waals surface area contributed by atoms with Crippen LogP contribution in [0.5, 0.6) is 0 Å². The van der Waals surface area contributed by atoms with Crippen LogP contribution >= 0.6 is 0 Å². The summed E-state index contributed by atoms with van der Waals surface area (Å²) in [6, 6.07) is 12.6. The van der Waals surface area contributed by atoms with Crippen LogP contribution in [-0.2, 0) is 19.6 Å². The first-order valence-corrected chi connectivity index (χ1v) is 9.33. The molecule has 138 valence electrons. The number of hydrogen-bond acceptors (Lipinski definition) is 5. The number of nitrogens with one attached hydrogen (secondary N) is 2. The molecule has 0 aromatic heterocycles. The van der Waals surface area contributed by atoms with Crippen LogP contribution in [0.1, 0.15) is 22.8 Å². The number of hydrogen-bond donors (Lipinski definition) is 2. The molecular weight excluding hydrogens is 356 g/mol. The quantitative estimate of drug-likeness (QED) is 0.752. The minimum Gasteiger partial charge on any atom is -0.449 e. The predicted octanol–water partition coefficient (Wildman–Crippen LogP) is 2.09. The van der Waals surface area contributed by atoms with Crippen LogP contribution in [0.15, 0.2) is 53.4 Å². The summed E-state index contributed by atoms with van der Waals surface area (Å²) in [6.07, 6.45) is -1.05. The van der Waals surface area contributed by atoms with E-state index in [0.717, 1.165) is 5.56 Å². The average molecular weight is 376 g/mol. The summed E-state index contributed by atoms with van der Waals surface area (Å²) >= 11 is 0. The first-order valence-electron chi connectivity index (χ1n) is 7.85. The van der Waals surface area contributed by atoms with Crippen LogP contribution < -0.4 is 10.0 Å². The van der Waals surface area contributed by atoms with Gasteiger partial charge in [-0.2, -0.15) is 0 Å². The molecule has 26 heavy (non-hydrogen) atoms. The predicted molar refractivity (Wildman–Crippen MR) is 97.4 cm³/mol. The maximum absolute atomic E-state index is 12.2. The van der Waals surface area contributed by atoms with Gasteiger partial charge in [0.2, 0.25) is 10.0 Å². The van der Waals surface area contributed by atoms with Gasteiger partial charge in [0.05, 0.1) is 10.5 Å². The molecule has 0 aliphatic carbocycles. The van der Waals surface area contributed by atoms with Crippen molar-refractivity contribution in [1.29, 1.82) is 0 Å². The van der Waals surface area contributed by atoms with Crippen molar-refractivity contribution in [2.45, 2.75) is 24.8 Å². The number of carbonyl (C=O) groups excluding carboxylic acids is 2. The lowest BCUT2D eigenvalue weighted by Crippen LogP contribution is -2.30. The Bertz CT molecular complexity index is 925. The monoisotopic (exact) mass is 376 g/mol. The number of esters is 1. The summed E-state index contributed by atoms with van der Waals surface area (Å²) in [4.78, 5) is 24.3. The smallest absolute Gasteiger partial charge is 0.338 e. The molecule has 0 bridgehead atoms. The molecule has 1 atom stereocenters. The van der Waals surface area contributed by atoms with Crippen LogP contribution in [0.25, 0.3) is 0 Å². The van der Waals surface area contributed by atoms with Gasteiger partial charge in [-0.1, -0.05) is 18.2 Å². The summed E-state index contributed by atoms with van der Waals surface area (Å²) in [5.41, 5.74) is 1.62. The molecular formula is C18H20N2O5S. The Morgan fingerprint density at radius 1 is 1.08 bits per heavy atom. The third kappa shape index (κ3) is 4.90. The molecule has 0 saturated heterocycles. The van der Waals surface area contributed by atoms with Crippen molar-refractivity contribution in [3.8, 4) is 0 Å². The highest BCUT2D eigenvalue weighted by molar-refractivity contribution is 7.89. The minimum atomic E-state index is -3.68. The minimum absolute atomic E-state index is 0.0385. The van der Waals surface area contributed by atoms with Gasteiger partial charge >= 0.3 is 5.97 Å². The van der Waals surface area contributed by atoms with Gasteiger partial charge in [-0.05, 0) is 56.8 Å². The molecule has 2 N–H and O–H groups in total. The van der Waals surface area contributed by atoms with E-state index in [-0.39, 0.29) is 10.5 Å². The molecule has 0 unspecified atom stereocenters. The maximum atomic E-state index is 12.2. The average Bonchev–Trinajstić information content (AvgIpc) is 2.61. The van der Waals surface area contributed by atoms with Crippen LogP contribution in [0.2, 0.25) is 0 Å². The van der Waals surface area contributed by atoms with Crippen LogP contribution in [0.3, 0.4) is 0 Å². The standard InChI is InChI=1S/C18H20N2O5S/c1-12-6-4-8-15(10-12)20-17(21)13(2)25-18(22)14-7-5-9-16(11-14)26(23,24)19-3/h4-11,13,19H,1-3H3,(H,20,21)/t13-/m0/s1. The third-order valence-corrected chi connectivity index (χ3v) is 5.00. The lowest BCUT2D eigenvalue weighted by atomic mass is 10.2. The summed E-state index contributed by atoms with van der Waals surface area (Å²) < 4.78 is 30.9. The first kappa shape index (κ1) is 19.6. The lowest BCUT2D eigenvalue weighted by Gasteiger charge is -2.14. The second-order valence-corrected chi connectivity index (χ2v) is 7.53. The molecule has 2 aromatic rings. The fourth-order valence-corrected chi connectivity index (χ4v) is 2.93. The topological polar surface area (TPSA) is 102 Å². The number of benzene rings is 2. The number of aryl methyl sites for hydroxylation is 1. The largest absolute Gasteiger partial charge is 0.449 e. The van der Waals surface area contributed by atoms with E-state index in [1.807, 2.05) is 13.0 Å². The number of carbonyl (C=O) groups is 2. The Labute approximate surface area is 152 Å². The fraction of sp³-hybridized carbons (Fsp3) is 0.222. The van der Waals surface area contributed by atoms with Gasteiger partial charge in [0.25, 0.3) is 5.91 Å². The molecule has 0 heterocycles. The third-order valence-electron chi connectivity index (χ3n) is 3.59. The van der Waals surface area contributed by atoms with Gasteiger partial charge in [0, 0.05) is 5.69 Å². The van der Waals surface area contributed by atoms with E-state index in [2.05, 4.69) is 10.0 Å². The zero-order valence-corrected chi connectivity index (χ0v) is 15.5.